The maximum Gasteiger partial charge on any atom is 0.411 e. The van der Waals surface area contributed by atoms with E-state index in [1.807, 2.05) is 0 Å². The van der Waals surface area contributed by atoms with Gasteiger partial charge in [-0.05, 0) is 55.5 Å². The van der Waals surface area contributed by atoms with Gasteiger partial charge in [0, 0.05) is 16.8 Å². The van der Waals surface area contributed by atoms with Gasteiger partial charge in [-0.25, -0.2) is 9.18 Å². The molecule has 0 aliphatic carbocycles. The molecule has 0 radical (unpaired) electrons. The molecule has 0 atom stereocenters. The fraction of sp³-hybridized carbons (Fsp3) is 0.118. The number of amides is 3. The fourth-order valence-corrected chi connectivity index (χ4v) is 1.85. The molecule has 0 heterocycles. The summed E-state index contributed by atoms with van der Waals surface area (Å²) in [6, 6.07) is 10.9. The van der Waals surface area contributed by atoms with Crippen LogP contribution in [0.25, 0.3) is 0 Å². The summed E-state index contributed by atoms with van der Waals surface area (Å²) in [5, 5.41) is 2.49. The van der Waals surface area contributed by atoms with Crippen LogP contribution in [0.15, 0.2) is 48.5 Å². The van der Waals surface area contributed by atoms with Crippen molar-refractivity contribution in [3.8, 4) is 0 Å². The van der Waals surface area contributed by atoms with Crippen molar-refractivity contribution in [3.63, 3.8) is 0 Å². The standard InChI is InChI=1S/C17H16FN3O4/c1-2-25-17(24)19-14-9-5-12(6-10-14)16(23)21-20-15(22)11-3-7-13(18)8-4-11/h3-10H,2H2,1H3,(H,19,24)(H,20,22)(H,21,23). The highest BCUT2D eigenvalue weighted by molar-refractivity contribution is 5.99. The first-order valence-corrected chi connectivity index (χ1v) is 7.39. The SMILES string of the molecule is CCOC(=O)Nc1ccc(C(=O)NNC(=O)c2ccc(F)cc2)cc1. The third-order valence-electron chi connectivity index (χ3n) is 3.06. The molecular formula is C17H16FN3O4. The molecule has 0 saturated heterocycles. The minimum Gasteiger partial charge on any atom is -0.450 e. The van der Waals surface area contributed by atoms with E-state index in [2.05, 4.69) is 16.2 Å². The van der Waals surface area contributed by atoms with Gasteiger partial charge in [-0.2, -0.15) is 0 Å². The fourth-order valence-electron chi connectivity index (χ4n) is 1.85. The van der Waals surface area contributed by atoms with Crippen LogP contribution >= 0.6 is 0 Å². The third kappa shape index (κ3) is 5.31. The molecule has 0 aromatic heterocycles. The highest BCUT2D eigenvalue weighted by Gasteiger charge is 2.10. The van der Waals surface area contributed by atoms with Crippen LogP contribution in [0.5, 0.6) is 0 Å². The molecular weight excluding hydrogens is 329 g/mol. The molecule has 0 unspecified atom stereocenters. The molecule has 130 valence electrons. The molecule has 0 bridgehead atoms. The van der Waals surface area contributed by atoms with Crippen LogP contribution in [0.4, 0.5) is 14.9 Å². The van der Waals surface area contributed by atoms with Crippen molar-refractivity contribution in [3.05, 3.63) is 65.5 Å². The Morgan fingerprint density at radius 3 is 1.84 bits per heavy atom. The Labute approximate surface area is 143 Å². The number of halogens is 1. The largest absolute Gasteiger partial charge is 0.450 e. The van der Waals surface area contributed by atoms with Gasteiger partial charge in [0.05, 0.1) is 6.61 Å². The van der Waals surface area contributed by atoms with Gasteiger partial charge in [0.15, 0.2) is 0 Å². The molecule has 2 aromatic carbocycles. The smallest absolute Gasteiger partial charge is 0.411 e. The summed E-state index contributed by atoms with van der Waals surface area (Å²) in [5.74, 6) is -1.58. The van der Waals surface area contributed by atoms with Gasteiger partial charge < -0.3 is 4.74 Å². The number of anilines is 1. The molecule has 2 aromatic rings. The normalized spacial score (nSPS) is 9.84. The van der Waals surface area contributed by atoms with Crippen molar-refractivity contribution in [2.45, 2.75) is 6.92 Å². The van der Waals surface area contributed by atoms with Gasteiger partial charge in [-0.1, -0.05) is 0 Å². The minimum atomic E-state index is -0.591. The predicted molar refractivity (Wildman–Crippen MR) is 88.4 cm³/mol. The number of hydrazine groups is 1. The topological polar surface area (TPSA) is 96.5 Å². The summed E-state index contributed by atoms with van der Waals surface area (Å²) < 4.78 is 17.5. The average Bonchev–Trinajstić information content (AvgIpc) is 2.61. The van der Waals surface area contributed by atoms with E-state index in [9.17, 15) is 18.8 Å². The molecule has 0 spiro atoms. The second-order valence-electron chi connectivity index (χ2n) is 4.84. The molecule has 3 N–H and O–H groups in total. The van der Waals surface area contributed by atoms with Crippen LogP contribution in [0.1, 0.15) is 27.6 Å². The van der Waals surface area contributed by atoms with E-state index in [-0.39, 0.29) is 17.7 Å². The van der Waals surface area contributed by atoms with E-state index in [0.717, 1.165) is 12.1 Å². The lowest BCUT2D eigenvalue weighted by Crippen LogP contribution is -2.41. The number of hydrogen-bond acceptors (Lipinski definition) is 4. The lowest BCUT2D eigenvalue weighted by molar-refractivity contribution is 0.0846. The van der Waals surface area contributed by atoms with E-state index in [4.69, 9.17) is 4.74 Å². The Morgan fingerprint density at radius 1 is 0.880 bits per heavy atom. The van der Waals surface area contributed by atoms with Crippen molar-refractivity contribution >= 4 is 23.6 Å². The van der Waals surface area contributed by atoms with Crippen LogP contribution in [-0.4, -0.2) is 24.5 Å². The summed E-state index contributed by atoms with van der Waals surface area (Å²) in [4.78, 5) is 35.1. The van der Waals surface area contributed by atoms with Crippen LogP contribution in [0.3, 0.4) is 0 Å². The summed E-state index contributed by atoms with van der Waals surface area (Å²) in [6.07, 6.45) is -0.591. The number of nitrogens with one attached hydrogen (secondary N) is 3. The summed E-state index contributed by atoms with van der Waals surface area (Å²) in [5.41, 5.74) is 5.42. The lowest BCUT2D eigenvalue weighted by atomic mass is 10.2. The molecule has 0 aliphatic rings. The zero-order valence-electron chi connectivity index (χ0n) is 13.3. The van der Waals surface area contributed by atoms with Gasteiger partial charge in [-0.15, -0.1) is 0 Å². The highest BCUT2D eigenvalue weighted by atomic mass is 19.1. The van der Waals surface area contributed by atoms with Crippen molar-refractivity contribution in [2.24, 2.45) is 0 Å². The first kappa shape index (κ1) is 17.9. The van der Waals surface area contributed by atoms with Crippen molar-refractivity contribution < 1.29 is 23.5 Å². The Kier molecular flexibility index (Phi) is 6.05. The lowest BCUT2D eigenvalue weighted by Gasteiger charge is -2.09. The summed E-state index contributed by atoms with van der Waals surface area (Å²) >= 11 is 0. The molecule has 8 heteroatoms. The first-order valence-electron chi connectivity index (χ1n) is 7.39. The summed E-state index contributed by atoms with van der Waals surface area (Å²) in [6.45, 7) is 1.94. The van der Waals surface area contributed by atoms with Crippen LogP contribution in [0.2, 0.25) is 0 Å². The summed E-state index contributed by atoms with van der Waals surface area (Å²) in [7, 11) is 0. The molecule has 0 aliphatic heterocycles. The Balaban J connectivity index is 1.89. The number of hydrogen-bond donors (Lipinski definition) is 3. The van der Waals surface area contributed by atoms with Gasteiger partial charge in [0.25, 0.3) is 11.8 Å². The number of carbonyl (C=O) groups is 3. The van der Waals surface area contributed by atoms with E-state index in [0.29, 0.717) is 5.69 Å². The van der Waals surface area contributed by atoms with E-state index >= 15 is 0 Å². The quantitative estimate of drug-likeness (QED) is 0.742. The Morgan fingerprint density at radius 2 is 1.36 bits per heavy atom. The number of carbonyl (C=O) groups excluding carboxylic acids is 3. The van der Waals surface area contributed by atoms with Crippen LogP contribution in [-0.2, 0) is 4.74 Å². The average molecular weight is 345 g/mol. The number of rotatable bonds is 4. The minimum absolute atomic E-state index is 0.204. The van der Waals surface area contributed by atoms with E-state index in [1.165, 1.54) is 36.4 Å². The molecule has 3 amide bonds. The molecule has 25 heavy (non-hydrogen) atoms. The molecule has 0 saturated carbocycles. The van der Waals surface area contributed by atoms with Crippen molar-refractivity contribution in [1.82, 2.24) is 10.9 Å². The predicted octanol–water partition coefficient (Wildman–Crippen LogP) is 2.47. The van der Waals surface area contributed by atoms with Gasteiger partial charge in [0.2, 0.25) is 0 Å². The van der Waals surface area contributed by atoms with Crippen molar-refractivity contribution in [1.29, 1.82) is 0 Å². The maximum absolute atomic E-state index is 12.8. The highest BCUT2D eigenvalue weighted by Crippen LogP contribution is 2.10. The zero-order valence-corrected chi connectivity index (χ0v) is 13.3. The van der Waals surface area contributed by atoms with Gasteiger partial charge >= 0.3 is 6.09 Å². The zero-order chi connectivity index (χ0) is 18.2. The Hall–Kier alpha value is -3.42. The number of ether oxygens (including phenoxy) is 1. The van der Waals surface area contributed by atoms with E-state index in [1.54, 1.807) is 6.92 Å². The molecule has 2 rings (SSSR count). The molecule has 0 fully saturated rings. The van der Waals surface area contributed by atoms with E-state index < -0.39 is 23.7 Å². The number of benzene rings is 2. The van der Waals surface area contributed by atoms with Gasteiger partial charge in [0.1, 0.15) is 5.82 Å². The first-order chi connectivity index (χ1) is 12.0. The molecule has 7 nitrogen and oxygen atoms in total. The maximum atomic E-state index is 12.8. The monoisotopic (exact) mass is 345 g/mol. The Bertz CT molecular complexity index is 760. The second kappa shape index (κ2) is 8.44. The van der Waals surface area contributed by atoms with Crippen molar-refractivity contribution in [2.75, 3.05) is 11.9 Å². The van der Waals surface area contributed by atoms with Crippen LogP contribution < -0.4 is 16.2 Å². The van der Waals surface area contributed by atoms with Crippen LogP contribution in [0, 0.1) is 5.82 Å². The third-order valence-corrected chi connectivity index (χ3v) is 3.06. The second-order valence-corrected chi connectivity index (χ2v) is 4.84. The van der Waals surface area contributed by atoms with Gasteiger partial charge in [-0.3, -0.25) is 25.8 Å².